The van der Waals surface area contributed by atoms with Gasteiger partial charge in [-0.25, -0.2) is 0 Å². The Morgan fingerprint density at radius 3 is 1.36 bits per heavy atom. The molecule has 0 spiro atoms. The van der Waals surface area contributed by atoms with Crippen molar-refractivity contribution < 1.29 is 0 Å². The van der Waals surface area contributed by atoms with Crippen LogP contribution in [0.1, 0.15) is 17.2 Å². The van der Waals surface area contributed by atoms with Gasteiger partial charge in [-0.1, -0.05) is 60.7 Å². The summed E-state index contributed by atoms with van der Waals surface area (Å²) in [6.45, 7) is 0. The molecular formula is C13H13N. The maximum atomic E-state index is 6.12. The second-order valence-electron chi connectivity index (χ2n) is 3.30. The Morgan fingerprint density at radius 1 is 0.643 bits per heavy atom. The van der Waals surface area contributed by atoms with Gasteiger partial charge in [-0.2, -0.15) is 0 Å². The van der Waals surface area contributed by atoms with Crippen molar-refractivity contribution in [3.63, 3.8) is 0 Å². The molecule has 2 aromatic carbocycles. The molecule has 1 nitrogen and oxygen atoms in total. The monoisotopic (exact) mass is 189 g/mol. The smallest absolute Gasteiger partial charge is 0.0551 e. The molecule has 2 rings (SSSR count). The van der Waals surface area contributed by atoms with Crippen LogP contribution in [0.3, 0.4) is 0 Å². The molecule has 0 aliphatic carbocycles. The van der Waals surface area contributed by atoms with Gasteiger partial charge in [0.15, 0.2) is 0 Å². The lowest BCUT2D eigenvalue weighted by molar-refractivity contribution is 0.871. The molecule has 0 heterocycles. The Hall–Kier alpha value is -1.60. The first-order chi connectivity index (χ1) is 6.88. The largest absolute Gasteiger partial charge is 0.320 e. The molecule has 0 aromatic heterocycles. The van der Waals surface area contributed by atoms with E-state index in [4.69, 9.17) is 5.73 Å². The van der Waals surface area contributed by atoms with E-state index in [1.54, 1.807) is 0 Å². The topological polar surface area (TPSA) is 26.0 Å². The quantitative estimate of drug-likeness (QED) is 0.772. The van der Waals surface area contributed by atoms with Gasteiger partial charge in [0.25, 0.3) is 0 Å². The highest BCUT2D eigenvalue weighted by Gasteiger charge is 2.06. The van der Waals surface area contributed by atoms with Crippen molar-refractivity contribution in [1.82, 2.24) is 0 Å². The van der Waals surface area contributed by atoms with Crippen molar-refractivity contribution in [2.24, 2.45) is 5.73 Å². The van der Waals surface area contributed by atoms with E-state index >= 15 is 0 Å². The van der Waals surface area contributed by atoms with Gasteiger partial charge in [0.05, 0.1) is 6.04 Å². The van der Waals surface area contributed by atoms with E-state index in [0.717, 1.165) is 11.1 Å². The third-order valence-electron chi connectivity index (χ3n) is 2.32. The van der Waals surface area contributed by atoms with Crippen molar-refractivity contribution in [1.29, 1.82) is 0 Å². The second-order valence-corrected chi connectivity index (χ2v) is 3.30. The summed E-state index contributed by atoms with van der Waals surface area (Å²) in [7, 11) is 0. The predicted octanol–water partition coefficient (Wildman–Crippen LogP) is 2.73. The fourth-order valence-corrected chi connectivity index (χ4v) is 1.51. The van der Waals surface area contributed by atoms with Crippen LogP contribution in [0.25, 0.3) is 0 Å². The maximum Gasteiger partial charge on any atom is 0.0551 e. The second kappa shape index (κ2) is 4.07. The van der Waals surface area contributed by atoms with E-state index < -0.39 is 0 Å². The molecule has 2 N–H and O–H groups in total. The average molecular weight is 189 g/mol. The van der Waals surface area contributed by atoms with Crippen LogP contribution in [-0.4, -0.2) is 0 Å². The number of benzene rings is 2. The molecular weight excluding hydrogens is 176 g/mol. The average Bonchev–Trinajstić information content (AvgIpc) is 2.30. The Morgan fingerprint density at radius 2 is 1.00 bits per heavy atom. The minimum atomic E-state index is -0.0163. The number of hydrogen-bond acceptors (Lipinski definition) is 1. The predicted molar refractivity (Wildman–Crippen MR) is 58.9 cm³/mol. The SMILES string of the molecule is N[C@@H](c1ccccc1)[13c]1[13cH][13cH][13cH][13cH][13cH]1. The highest BCUT2D eigenvalue weighted by molar-refractivity contribution is 5.30. The summed E-state index contributed by atoms with van der Waals surface area (Å²) in [4.78, 5) is 0. The molecule has 1 atom stereocenters. The molecule has 0 aliphatic heterocycles. The first kappa shape index (κ1) is 8.97. The zero-order chi connectivity index (χ0) is 9.80. The van der Waals surface area contributed by atoms with Gasteiger partial charge in [-0.3, -0.25) is 0 Å². The molecule has 0 amide bonds. The summed E-state index contributed by atoms with van der Waals surface area (Å²) in [6, 6.07) is 20.2. The fourth-order valence-electron chi connectivity index (χ4n) is 1.51. The van der Waals surface area contributed by atoms with Gasteiger partial charge in [0.2, 0.25) is 0 Å². The van der Waals surface area contributed by atoms with Gasteiger partial charge in [0, 0.05) is 0 Å². The van der Waals surface area contributed by atoms with Gasteiger partial charge in [0.1, 0.15) is 0 Å². The van der Waals surface area contributed by atoms with Crippen molar-refractivity contribution >= 4 is 0 Å². The van der Waals surface area contributed by atoms with Gasteiger partial charge in [-0.15, -0.1) is 0 Å². The lowest BCUT2D eigenvalue weighted by Gasteiger charge is -2.11. The van der Waals surface area contributed by atoms with Crippen molar-refractivity contribution in [3.8, 4) is 0 Å². The molecule has 0 radical (unpaired) electrons. The van der Waals surface area contributed by atoms with E-state index in [0.29, 0.717) is 0 Å². The lowest BCUT2D eigenvalue weighted by Crippen LogP contribution is -2.11. The molecule has 0 unspecified atom stereocenters. The maximum absolute atomic E-state index is 6.12. The van der Waals surface area contributed by atoms with Crippen LogP contribution in [0.15, 0.2) is 60.7 Å². The number of rotatable bonds is 2. The minimum Gasteiger partial charge on any atom is -0.320 e. The summed E-state index contributed by atoms with van der Waals surface area (Å²) in [6.07, 6.45) is 0. The zero-order valence-electron chi connectivity index (χ0n) is 7.93. The summed E-state index contributed by atoms with van der Waals surface area (Å²) >= 11 is 0. The van der Waals surface area contributed by atoms with E-state index in [1.807, 2.05) is 36.4 Å². The van der Waals surface area contributed by atoms with E-state index in [9.17, 15) is 0 Å². The van der Waals surface area contributed by atoms with E-state index in [2.05, 4.69) is 24.3 Å². The summed E-state index contributed by atoms with van der Waals surface area (Å²) < 4.78 is 0. The Labute approximate surface area is 84.2 Å². The molecule has 2 aromatic rings. The van der Waals surface area contributed by atoms with Gasteiger partial charge >= 0.3 is 0 Å². The van der Waals surface area contributed by atoms with Crippen molar-refractivity contribution in [2.45, 2.75) is 6.04 Å². The summed E-state index contributed by atoms with van der Waals surface area (Å²) in [5, 5.41) is 0. The molecule has 0 fully saturated rings. The third-order valence-corrected chi connectivity index (χ3v) is 2.32. The third kappa shape index (κ3) is 1.83. The van der Waals surface area contributed by atoms with Crippen molar-refractivity contribution in [2.75, 3.05) is 0 Å². The summed E-state index contributed by atoms with van der Waals surface area (Å²) in [5.41, 5.74) is 8.42. The number of nitrogens with two attached hydrogens (primary N) is 1. The van der Waals surface area contributed by atoms with E-state index in [1.165, 1.54) is 0 Å². The van der Waals surface area contributed by atoms with Crippen LogP contribution in [0, 0.1) is 0 Å². The van der Waals surface area contributed by atoms with Crippen molar-refractivity contribution in [3.05, 3.63) is 71.8 Å². The van der Waals surface area contributed by atoms with Crippen LogP contribution >= 0.6 is 0 Å². The number of hydrogen-bond donors (Lipinski definition) is 1. The standard InChI is InChI=1S/C13H13N/c14-13(11-7-3-1-4-8-11)12-9-5-2-6-10-12/h1-10,13H,14H2/i1+1,3+1,4+1,7+1,8+1,11+1/t13-/m1/s1. The molecule has 70 valence electrons. The molecule has 1 heteroatoms. The van der Waals surface area contributed by atoms with Crippen LogP contribution < -0.4 is 5.73 Å². The molecule has 14 heavy (non-hydrogen) atoms. The van der Waals surface area contributed by atoms with Crippen LogP contribution in [-0.2, 0) is 0 Å². The molecule has 0 aliphatic rings. The first-order valence-electron chi connectivity index (χ1n) is 4.73. The highest BCUT2D eigenvalue weighted by Crippen LogP contribution is 2.18. The Bertz CT molecular complexity index is 341. The lowest BCUT2D eigenvalue weighted by atomic mass is 10.1. The fraction of sp³-hybridized carbons (Fsp3) is 0.0769. The normalized spacial score (nSPS) is 12.4. The molecule has 0 bridgehead atoms. The van der Waals surface area contributed by atoms with Crippen LogP contribution in [0.5, 0.6) is 0 Å². The molecule has 0 saturated heterocycles. The Kier molecular flexibility index (Phi) is 2.61. The van der Waals surface area contributed by atoms with Gasteiger partial charge < -0.3 is 5.73 Å². The van der Waals surface area contributed by atoms with Crippen LogP contribution in [0.4, 0.5) is 0 Å². The minimum absolute atomic E-state index is 0.0163. The first-order valence-corrected chi connectivity index (χ1v) is 4.73. The highest BCUT2D eigenvalue weighted by atomic mass is 14.9. The van der Waals surface area contributed by atoms with E-state index in [-0.39, 0.29) is 6.04 Å². The van der Waals surface area contributed by atoms with Crippen LogP contribution in [0.2, 0.25) is 0 Å². The summed E-state index contributed by atoms with van der Waals surface area (Å²) in [5.74, 6) is 0. The Balaban J connectivity index is 2.30. The zero-order valence-corrected chi connectivity index (χ0v) is 7.93. The van der Waals surface area contributed by atoms with Gasteiger partial charge in [-0.05, 0) is 11.1 Å². The molecule has 0 saturated carbocycles.